The molecule has 0 amide bonds. The highest BCUT2D eigenvalue weighted by atomic mass is 32.2. The van der Waals surface area contributed by atoms with Gasteiger partial charge in [-0.1, -0.05) is 13.8 Å². The quantitative estimate of drug-likeness (QED) is 0.781. The third-order valence-electron chi connectivity index (χ3n) is 2.30. The smallest absolute Gasteiger partial charge is 0.181 e. The fourth-order valence-corrected chi connectivity index (χ4v) is 2.74. The van der Waals surface area contributed by atoms with E-state index in [1.807, 2.05) is 13.8 Å². The van der Waals surface area contributed by atoms with Crippen molar-refractivity contribution in [3.05, 3.63) is 5.69 Å². The number of hydrogen-bond donors (Lipinski definition) is 2. The van der Waals surface area contributed by atoms with Gasteiger partial charge in [-0.25, -0.2) is 13.1 Å². The SMILES string of the molecule is CC(C)Cc1nn(CCO)c(N)c1S(C)(=O)=O. The second-order valence-corrected chi connectivity index (χ2v) is 6.43. The molecule has 0 bridgehead atoms. The lowest BCUT2D eigenvalue weighted by molar-refractivity contribution is 0.270. The van der Waals surface area contributed by atoms with E-state index in [0.717, 1.165) is 6.26 Å². The van der Waals surface area contributed by atoms with Crippen LogP contribution in [-0.4, -0.2) is 36.2 Å². The molecule has 1 rings (SSSR count). The third-order valence-corrected chi connectivity index (χ3v) is 3.48. The van der Waals surface area contributed by atoms with Crippen LogP contribution in [0.25, 0.3) is 0 Å². The van der Waals surface area contributed by atoms with Crippen molar-refractivity contribution in [1.82, 2.24) is 9.78 Å². The van der Waals surface area contributed by atoms with E-state index in [1.165, 1.54) is 4.68 Å². The highest BCUT2D eigenvalue weighted by Crippen LogP contribution is 2.24. The van der Waals surface area contributed by atoms with Gasteiger partial charge < -0.3 is 10.8 Å². The Labute approximate surface area is 101 Å². The summed E-state index contributed by atoms with van der Waals surface area (Å²) in [5.74, 6) is 0.393. The maximum Gasteiger partial charge on any atom is 0.181 e. The summed E-state index contributed by atoms with van der Waals surface area (Å²) in [6, 6.07) is 0. The molecule has 7 heteroatoms. The van der Waals surface area contributed by atoms with Crippen LogP contribution in [0.5, 0.6) is 0 Å². The first-order chi connectivity index (χ1) is 7.77. The van der Waals surface area contributed by atoms with E-state index in [1.54, 1.807) is 0 Å². The fraction of sp³-hybridized carbons (Fsp3) is 0.700. The Balaban J connectivity index is 3.32. The Bertz CT molecular complexity index is 491. The first kappa shape index (κ1) is 14.0. The lowest BCUT2D eigenvalue weighted by atomic mass is 10.1. The van der Waals surface area contributed by atoms with E-state index in [4.69, 9.17) is 10.8 Å². The summed E-state index contributed by atoms with van der Waals surface area (Å²) in [6.07, 6.45) is 1.67. The molecule has 0 aliphatic rings. The number of nitrogens with zero attached hydrogens (tertiary/aromatic N) is 2. The summed E-state index contributed by atoms with van der Waals surface area (Å²) in [6.45, 7) is 4.03. The number of aromatic nitrogens is 2. The molecule has 0 unspecified atom stereocenters. The van der Waals surface area contributed by atoms with E-state index in [-0.39, 0.29) is 29.8 Å². The predicted octanol–water partition coefficient (Wildman–Crippen LogP) is 0.0596. The molecule has 1 aromatic heterocycles. The minimum atomic E-state index is -3.40. The molecule has 17 heavy (non-hydrogen) atoms. The van der Waals surface area contributed by atoms with E-state index in [0.29, 0.717) is 12.1 Å². The standard InChI is InChI=1S/C10H19N3O3S/c1-7(2)6-8-9(17(3,15)16)10(11)13(12-8)4-5-14/h7,14H,4-6,11H2,1-3H3. The molecule has 1 heterocycles. The first-order valence-electron chi connectivity index (χ1n) is 5.43. The van der Waals surface area contributed by atoms with E-state index in [2.05, 4.69) is 5.10 Å². The summed E-state index contributed by atoms with van der Waals surface area (Å²) in [7, 11) is -3.40. The van der Waals surface area contributed by atoms with Crippen LogP contribution >= 0.6 is 0 Å². The summed E-state index contributed by atoms with van der Waals surface area (Å²) in [5, 5.41) is 13.0. The zero-order valence-corrected chi connectivity index (χ0v) is 11.2. The van der Waals surface area contributed by atoms with Crippen molar-refractivity contribution in [3.63, 3.8) is 0 Å². The summed E-state index contributed by atoms with van der Waals surface area (Å²) >= 11 is 0. The highest BCUT2D eigenvalue weighted by Gasteiger charge is 2.24. The second-order valence-electron chi connectivity index (χ2n) is 4.48. The number of aliphatic hydroxyl groups is 1. The molecule has 0 aliphatic heterocycles. The fourth-order valence-electron chi connectivity index (χ4n) is 1.70. The Hall–Kier alpha value is -1.08. The van der Waals surface area contributed by atoms with Crippen LogP contribution in [0.1, 0.15) is 19.5 Å². The van der Waals surface area contributed by atoms with Crippen LogP contribution in [0.2, 0.25) is 0 Å². The van der Waals surface area contributed by atoms with Crippen molar-refractivity contribution in [1.29, 1.82) is 0 Å². The predicted molar refractivity (Wildman–Crippen MR) is 65.4 cm³/mol. The van der Waals surface area contributed by atoms with Gasteiger partial charge in [0.15, 0.2) is 9.84 Å². The molecular formula is C10H19N3O3S. The normalized spacial score (nSPS) is 12.3. The molecule has 0 fully saturated rings. The summed E-state index contributed by atoms with van der Waals surface area (Å²) in [5.41, 5.74) is 6.24. The largest absolute Gasteiger partial charge is 0.394 e. The molecule has 0 aromatic carbocycles. The molecule has 0 saturated heterocycles. The van der Waals surface area contributed by atoms with E-state index >= 15 is 0 Å². The van der Waals surface area contributed by atoms with Crippen molar-refractivity contribution in [3.8, 4) is 0 Å². The molecule has 0 aliphatic carbocycles. The van der Waals surface area contributed by atoms with Crippen LogP contribution in [0.4, 0.5) is 5.82 Å². The molecule has 6 nitrogen and oxygen atoms in total. The van der Waals surface area contributed by atoms with Crippen LogP contribution in [-0.2, 0) is 22.8 Å². The van der Waals surface area contributed by atoms with Crippen LogP contribution in [0.15, 0.2) is 4.90 Å². The highest BCUT2D eigenvalue weighted by molar-refractivity contribution is 7.91. The second kappa shape index (κ2) is 5.05. The zero-order valence-electron chi connectivity index (χ0n) is 10.3. The van der Waals surface area contributed by atoms with Crippen molar-refractivity contribution in [2.45, 2.75) is 31.7 Å². The minimum Gasteiger partial charge on any atom is -0.394 e. The number of hydrogen-bond acceptors (Lipinski definition) is 5. The van der Waals surface area contributed by atoms with Crippen molar-refractivity contribution in [2.24, 2.45) is 5.92 Å². The molecule has 0 radical (unpaired) electrons. The lowest BCUT2D eigenvalue weighted by Crippen LogP contribution is -2.09. The first-order valence-corrected chi connectivity index (χ1v) is 7.32. The van der Waals surface area contributed by atoms with Gasteiger partial charge in [0.1, 0.15) is 10.7 Å². The maximum atomic E-state index is 11.7. The van der Waals surface area contributed by atoms with Crippen LogP contribution in [0, 0.1) is 5.92 Å². The van der Waals surface area contributed by atoms with Gasteiger partial charge in [-0.15, -0.1) is 0 Å². The average Bonchev–Trinajstić information content (AvgIpc) is 2.41. The van der Waals surface area contributed by atoms with Gasteiger partial charge in [-0.3, -0.25) is 0 Å². The number of nitrogen functional groups attached to an aromatic ring is 1. The molecule has 98 valence electrons. The topological polar surface area (TPSA) is 98.2 Å². The van der Waals surface area contributed by atoms with Gasteiger partial charge in [0.25, 0.3) is 0 Å². The van der Waals surface area contributed by atoms with Gasteiger partial charge in [0.05, 0.1) is 18.8 Å². The van der Waals surface area contributed by atoms with Crippen molar-refractivity contribution < 1.29 is 13.5 Å². The molecule has 1 aromatic rings. The van der Waals surface area contributed by atoms with Crippen LogP contribution < -0.4 is 5.73 Å². The van der Waals surface area contributed by atoms with E-state index in [9.17, 15) is 8.42 Å². The van der Waals surface area contributed by atoms with Gasteiger partial charge in [0.2, 0.25) is 0 Å². The average molecular weight is 261 g/mol. The van der Waals surface area contributed by atoms with Crippen LogP contribution in [0.3, 0.4) is 0 Å². The third kappa shape index (κ3) is 3.19. The van der Waals surface area contributed by atoms with Crippen molar-refractivity contribution in [2.75, 3.05) is 18.6 Å². The molecule has 0 spiro atoms. The maximum absolute atomic E-state index is 11.7. The zero-order chi connectivity index (χ0) is 13.2. The molecule has 0 saturated carbocycles. The minimum absolute atomic E-state index is 0.0969. The Kier molecular flexibility index (Phi) is 4.16. The molecular weight excluding hydrogens is 242 g/mol. The van der Waals surface area contributed by atoms with Gasteiger partial charge >= 0.3 is 0 Å². The Morgan fingerprint density at radius 2 is 2.06 bits per heavy atom. The summed E-state index contributed by atoms with van der Waals surface area (Å²) in [4.78, 5) is 0.0969. The number of anilines is 1. The van der Waals surface area contributed by atoms with Gasteiger partial charge in [-0.05, 0) is 12.3 Å². The number of rotatable bonds is 5. The number of nitrogens with two attached hydrogens (primary N) is 1. The lowest BCUT2D eigenvalue weighted by Gasteiger charge is -2.03. The van der Waals surface area contributed by atoms with Gasteiger partial charge in [-0.2, -0.15) is 5.10 Å². The molecule has 0 atom stereocenters. The summed E-state index contributed by atoms with van der Waals surface area (Å²) < 4.78 is 24.7. The van der Waals surface area contributed by atoms with Crippen molar-refractivity contribution >= 4 is 15.7 Å². The number of aliphatic hydroxyl groups excluding tert-OH is 1. The Morgan fingerprint density at radius 3 is 2.47 bits per heavy atom. The van der Waals surface area contributed by atoms with Gasteiger partial charge in [0, 0.05) is 6.26 Å². The number of sulfone groups is 1. The monoisotopic (exact) mass is 261 g/mol. The molecule has 3 N–H and O–H groups in total. The van der Waals surface area contributed by atoms with E-state index < -0.39 is 9.84 Å². The Morgan fingerprint density at radius 1 is 1.47 bits per heavy atom.